The van der Waals surface area contributed by atoms with Gasteiger partial charge in [0, 0.05) is 22.2 Å². The van der Waals surface area contributed by atoms with Crippen LogP contribution in [0.5, 0.6) is 0 Å². The number of hydrogen-bond donors (Lipinski definition) is 0. The lowest BCUT2D eigenvalue weighted by atomic mass is 10.2. The maximum absolute atomic E-state index is 2.31. The summed E-state index contributed by atoms with van der Waals surface area (Å²) in [7, 11) is 4.30. The Morgan fingerprint density at radius 2 is 1.56 bits per heavy atom. The van der Waals surface area contributed by atoms with Gasteiger partial charge in [-0.05, 0) is 57.4 Å². The number of unbranched alkanes of at least 4 members (excludes halogenated alkanes) is 3. The Bertz CT molecular complexity index is 777. The summed E-state index contributed by atoms with van der Waals surface area (Å²) in [5.41, 5.74) is 2.52. The van der Waals surface area contributed by atoms with Crippen LogP contribution >= 0.6 is 11.8 Å². The maximum atomic E-state index is 2.31. The van der Waals surface area contributed by atoms with Crippen molar-refractivity contribution in [1.29, 1.82) is 0 Å². The molecule has 0 saturated heterocycles. The van der Waals surface area contributed by atoms with E-state index in [9.17, 15) is 0 Å². The van der Waals surface area contributed by atoms with E-state index in [4.69, 9.17) is 0 Å². The molecular weight excluding hydrogens is 324 g/mol. The topological polar surface area (TPSA) is 8.17 Å². The number of thioether (sulfide) groups is 1. The molecule has 3 heteroatoms. The molecule has 0 aliphatic heterocycles. The molecule has 0 atom stereocenters. The first-order valence-corrected chi connectivity index (χ1v) is 10.2. The molecule has 3 aromatic rings. The molecule has 25 heavy (non-hydrogen) atoms. The fraction of sp³-hybridized carbons (Fsp3) is 0.364. The summed E-state index contributed by atoms with van der Waals surface area (Å²) in [6, 6.07) is 19.3. The van der Waals surface area contributed by atoms with E-state index in [1.165, 1.54) is 59.5 Å². The molecule has 0 N–H and O–H groups in total. The van der Waals surface area contributed by atoms with Gasteiger partial charge < -0.3 is 9.47 Å². The second-order valence-corrected chi connectivity index (χ2v) is 7.92. The van der Waals surface area contributed by atoms with Gasteiger partial charge in [0.25, 0.3) is 0 Å². The zero-order chi connectivity index (χ0) is 17.5. The fourth-order valence-electron chi connectivity index (χ4n) is 3.13. The molecule has 0 spiro atoms. The number of rotatable bonds is 9. The fourth-order valence-corrected chi connectivity index (χ4v) is 4.21. The summed E-state index contributed by atoms with van der Waals surface area (Å²) in [6.45, 7) is 1.21. The number of benzene rings is 2. The van der Waals surface area contributed by atoms with Gasteiger partial charge in [-0.1, -0.05) is 49.2 Å². The van der Waals surface area contributed by atoms with Crippen LogP contribution in [-0.2, 0) is 0 Å². The van der Waals surface area contributed by atoms with Crippen molar-refractivity contribution in [3.05, 3.63) is 60.8 Å². The van der Waals surface area contributed by atoms with E-state index in [0.717, 1.165) is 0 Å². The van der Waals surface area contributed by atoms with Gasteiger partial charge in [-0.15, -0.1) is 11.8 Å². The average Bonchev–Trinajstić information content (AvgIpc) is 3.00. The van der Waals surface area contributed by atoms with Crippen LogP contribution < -0.4 is 0 Å². The SMILES string of the molecule is CN(C)CCCCCCSc1cn(-c2ccccc2)c2ccccc12. The van der Waals surface area contributed by atoms with Crippen molar-refractivity contribution < 1.29 is 0 Å². The molecular formula is C22H28N2S. The zero-order valence-electron chi connectivity index (χ0n) is 15.3. The summed E-state index contributed by atoms with van der Waals surface area (Å²) in [6.07, 6.45) is 7.58. The van der Waals surface area contributed by atoms with Crippen LogP contribution in [0.3, 0.4) is 0 Å². The predicted octanol–water partition coefficient (Wildman–Crippen LogP) is 5.84. The molecule has 1 aromatic heterocycles. The van der Waals surface area contributed by atoms with Crippen molar-refractivity contribution in [2.75, 3.05) is 26.4 Å². The number of para-hydroxylation sites is 2. The summed E-state index contributed by atoms with van der Waals surface area (Å²) >= 11 is 2.00. The maximum Gasteiger partial charge on any atom is 0.0540 e. The summed E-state index contributed by atoms with van der Waals surface area (Å²) in [5.74, 6) is 1.20. The van der Waals surface area contributed by atoms with Gasteiger partial charge in [0.2, 0.25) is 0 Å². The largest absolute Gasteiger partial charge is 0.315 e. The number of nitrogens with zero attached hydrogens (tertiary/aromatic N) is 2. The van der Waals surface area contributed by atoms with Crippen molar-refractivity contribution in [3.8, 4) is 5.69 Å². The van der Waals surface area contributed by atoms with E-state index in [1.54, 1.807) is 0 Å². The Hall–Kier alpha value is -1.71. The van der Waals surface area contributed by atoms with Gasteiger partial charge >= 0.3 is 0 Å². The van der Waals surface area contributed by atoms with Crippen LogP contribution in [0.15, 0.2) is 65.7 Å². The Morgan fingerprint density at radius 1 is 0.840 bits per heavy atom. The van der Waals surface area contributed by atoms with Crippen molar-refractivity contribution in [2.45, 2.75) is 30.6 Å². The van der Waals surface area contributed by atoms with E-state index in [-0.39, 0.29) is 0 Å². The third-order valence-electron chi connectivity index (χ3n) is 4.47. The highest BCUT2D eigenvalue weighted by Gasteiger charge is 2.09. The Morgan fingerprint density at radius 3 is 2.36 bits per heavy atom. The first kappa shape index (κ1) is 18.1. The third kappa shape index (κ3) is 4.90. The minimum Gasteiger partial charge on any atom is -0.315 e. The summed E-state index contributed by atoms with van der Waals surface area (Å²) in [4.78, 5) is 3.67. The van der Waals surface area contributed by atoms with Crippen molar-refractivity contribution in [2.24, 2.45) is 0 Å². The van der Waals surface area contributed by atoms with Gasteiger partial charge in [-0.3, -0.25) is 0 Å². The van der Waals surface area contributed by atoms with E-state index in [2.05, 4.69) is 84.4 Å². The molecule has 0 saturated carbocycles. The van der Waals surface area contributed by atoms with Crippen LogP contribution in [0, 0.1) is 0 Å². The highest BCUT2D eigenvalue weighted by molar-refractivity contribution is 7.99. The van der Waals surface area contributed by atoms with E-state index in [0.29, 0.717) is 0 Å². The minimum absolute atomic E-state index is 1.20. The Kier molecular flexibility index (Phi) is 6.60. The highest BCUT2D eigenvalue weighted by atomic mass is 32.2. The van der Waals surface area contributed by atoms with Crippen molar-refractivity contribution in [3.63, 3.8) is 0 Å². The van der Waals surface area contributed by atoms with Crippen LogP contribution in [0.2, 0.25) is 0 Å². The molecule has 3 rings (SSSR count). The summed E-state index contributed by atoms with van der Waals surface area (Å²) < 4.78 is 2.31. The zero-order valence-corrected chi connectivity index (χ0v) is 16.1. The van der Waals surface area contributed by atoms with Gasteiger partial charge in [0.1, 0.15) is 0 Å². The molecule has 1 heterocycles. The van der Waals surface area contributed by atoms with Crippen LogP contribution in [0.4, 0.5) is 0 Å². The molecule has 0 aliphatic carbocycles. The smallest absolute Gasteiger partial charge is 0.0540 e. The molecule has 0 aliphatic rings. The molecule has 0 amide bonds. The van der Waals surface area contributed by atoms with Gasteiger partial charge in [0.05, 0.1) is 5.52 Å². The lowest BCUT2D eigenvalue weighted by molar-refractivity contribution is 0.391. The summed E-state index contributed by atoms with van der Waals surface area (Å²) in [5, 5.41) is 1.36. The van der Waals surface area contributed by atoms with E-state index < -0.39 is 0 Å². The van der Waals surface area contributed by atoms with Crippen LogP contribution in [0.1, 0.15) is 25.7 Å². The first-order valence-electron chi connectivity index (χ1n) is 9.19. The van der Waals surface area contributed by atoms with Gasteiger partial charge in [-0.25, -0.2) is 0 Å². The van der Waals surface area contributed by atoms with Gasteiger partial charge in [0.15, 0.2) is 0 Å². The second-order valence-electron chi connectivity index (χ2n) is 6.78. The lowest BCUT2D eigenvalue weighted by Gasteiger charge is -2.08. The number of hydrogen-bond acceptors (Lipinski definition) is 2. The highest BCUT2D eigenvalue weighted by Crippen LogP contribution is 2.32. The first-order chi connectivity index (χ1) is 12.3. The second kappa shape index (κ2) is 9.12. The van der Waals surface area contributed by atoms with E-state index in [1.807, 2.05) is 11.8 Å². The van der Waals surface area contributed by atoms with Crippen molar-refractivity contribution >= 4 is 22.7 Å². The van der Waals surface area contributed by atoms with Gasteiger partial charge in [-0.2, -0.15) is 0 Å². The monoisotopic (exact) mass is 352 g/mol. The Balaban J connectivity index is 1.62. The third-order valence-corrected chi connectivity index (χ3v) is 5.60. The molecule has 0 radical (unpaired) electrons. The predicted molar refractivity (Wildman–Crippen MR) is 111 cm³/mol. The van der Waals surface area contributed by atoms with E-state index >= 15 is 0 Å². The lowest BCUT2D eigenvalue weighted by Crippen LogP contribution is -2.12. The quantitative estimate of drug-likeness (QED) is 0.353. The Labute approximate surface area is 155 Å². The molecule has 2 nitrogen and oxygen atoms in total. The molecule has 2 aromatic carbocycles. The standard InChI is InChI=1S/C22H28N2S/c1-23(2)16-10-3-4-11-17-25-22-18-24(19-12-6-5-7-13-19)21-15-9-8-14-20(21)22/h5-9,12-15,18H,3-4,10-11,16-17H2,1-2H3. The number of aromatic nitrogens is 1. The molecule has 0 unspecified atom stereocenters. The molecule has 132 valence electrons. The van der Waals surface area contributed by atoms with Crippen molar-refractivity contribution in [1.82, 2.24) is 9.47 Å². The average molecular weight is 353 g/mol. The van der Waals surface area contributed by atoms with Crippen LogP contribution in [-0.4, -0.2) is 35.9 Å². The molecule has 0 bridgehead atoms. The molecule has 0 fully saturated rings. The minimum atomic E-state index is 1.20. The normalized spacial score (nSPS) is 11.5. The number of fused-ring (bicyclic) bond motifs is 1. The van der Waals surface area contributed by atoms with Crippen LogP contribution in [0.25, 0.3) is 16.6 Å².